The minimum Gasteiger partial charge on any atom is -0.481 e. The Labute approximate surface area is 121 Å². The number of hydrogen-bond acceptors (Lipinski definition) is 2. The number of nitrogens with one attached hydrogen (secondary N) is 1. The van der Waals surface area contributed by atoms with Crippen LogP contribution in [-0.2, 0) is 4.79 Å². The van der Waals surface area contributed by atoms with Gasteiger partial charge in [-0.3, -0.25) is 4.79 Å². The SMILES string of the molecule is CC(C)N(CCC(=O)O)C(=O)NCC1(C)CCCCC1. The van der Waals surface area contributed by atoms with Crippen molar-refractivity contribution >= 4 is 12.0 Å². The summed E-state index contributed by atoms with van der Waals surface area (Å²) in [5.41, 5.74) is 0.198. The summed E-state index contributed by atoms with van der Waals surface area (Å²) in [6.45, 7) is 6.98. The summed E-state index contributed by atoms with van der Waals surface area (Å²) in [5.74, 6) is -0.873. The number of urea groups is 1. The van der Waals surface area contributed by atoms with Crippen LogP contribution in [0.25, 0.3) is 0 Å². The van der Waals surface area contributed by atoms with Gasteiger partial charge in [-0.15, -0.1) is 0 Å². The molecule has 2 amide bonds. The van der Waals surface area contributed by atoms with Crippen molar-refractivity contribution in [3.63, 3.8) is 0 Å². The van der Waals surface area contributed by atoms with E-state index in [0.29, 0.717) is 6.54 Å². The third kappa shape index (κ3) is 5.39. The van der Waals surface area contributed by atoms with Gasteiger partial charge in [-0.05, 0) is 32.1 Å². The summed E-state index contributed by atoms with van der Waals surface area (Å²) in [4.78, 5) is 24.4. The number of rotatable bonds is 6. The van der Waals surface area contributed by atoms with Gasteiger partial charge in [0.25, 0.3) is 0 Å². The number of aliphatic carboxylic acids is 1. The minimum absolute atomic E-state index is 0.00788. The fourth-order valence-electron chi connectivity index (χ4n) is 2.78. The molecule has 0 saturated heterocycles. The van der Waals surface area contributed by atoms with Crippen molar-refractivity contribution in [1.82, 2.24) is 10.2 Å². The number of amides is 2. The number of carbonyl (C=O) groups excluding carboxylic acids is 1. The van der Waals surface area contributed by atoms with Crippen molar-refractivity contribution < 1.29 is 14.7 Å². The first-order chi connectivity index (χ1) is 9.34. The van der Waals surface area contributed by atoms with E-state index in [9.17, 15) is 9.59 Å². The second-order valence-corrected chi connectivity index (χ2v) is 6.46. The number of carbonyl (C=O) groups is 2. The van der Waals surface area contributed by atoms with Crippen molar-refractivity contribution in [2.45, 2.75) is 65.3 Å². The third-order valence-electron chi connectivity index (χ3n) is 4.18. The Morgan fingerprint density at radius 2 is 1.85 bits per heavy atom. The van der Waals surface area contributed by atoms with Crippen molar-refractivity contribution in [3.05, 3.63) is 0 Å². The molecule has 0 aromatic rings. The molecule has 5 nitrogen and oxygen atoms in total. The molecule has 0 aliphatic heterocycles. The van der Waals surface area contributed by atoms with E-state index in [1.807, 2.05) is 13.8 Å². The van der Waals surface area contributed by atoms with Crippen LogP contribution in [0.3, 0.4) is 0 Å². The van der Waals surface area contributed by atoms with Gasteiger partial charge in [0.05, 0.1) is 6.42 Å². The Bertz CT molecular complexity index is 336. The van der Waals surface area contributed by atoms with E-state index in [0.717, 1.165) is 12.8 Å². The summed E-state index contributed by atoms with van der Waals surface area (Å²) in [5, 5.41) is 11.7. The minimum atomic E-state index is -0.873. The molecule has 0 heterocycles. The quantitative estimate of drug-likeness (QED) is 0.788. The molecule has 0 unspecified atom stereocenters. The molecule has 0 radical (unpaired) electrons. The van der Waals surface area contributed by atoms with Gasteiger partial charge in [0, 0.05) is 19.1 Å². The summed E-state index contributed by atoms with van der Waals surface area (Å²) in [6.07, 6.45) is 6.07. The second-order valence-electron chi connectivity index (χ2n) is 6.46. The number of carboxylic acids is 1. The lowest BCUT2D eigenvalue weighted by molar-refractivity contribution is -0.137. The number of nitrogens with zero attached hydrogens (tertiary/aromatic N) is 1. The van der Waals surface area contributed by atoms with E-state index in [2.05, 4.69) is 12.2 Å². The van der Waals surface area contributed by atoms with E-state index >= 15 is 0 Å². The van der Waals surface area contributed by atoms with Crippen molar-refractivity contribution in [2.24, 2.45) is 5.41 Å². The zero-order valence-electron chi connectivity index (χ0n) is 12.9. The maximum absolute atomic E-state index is 12.2. The fourth-order valence-corrected chi connectivity index (χ4v) is 2.78. The van der Waals surface area contributed by atoms with Crippen LogP contribution >= 0.6 is 0 Å². The van der Waals surface area contributed by atoms with Crippen LogP contribution in [0.1, 0.15) is 59.3 Å². The first-order valence-electron chi connectivity index (χ1n) is 7.60. The lowest BCUT2D eigenvalue weighted by Crippen LogP contribution is -2.48. The number of hydrogen-bond donors (Lipinski definition) is 2. The molecule has 0 spiro atoms. The molecule has 0 aromatic carbocycles. The van der Waals surface area contributed by atoms with Gasteiger partial charge in [-0.2, -0.15) is 0 Å². The van der Waals surface area contributed by atoms with Gasteiger partial charge in [-0.25, -0.2) is 4.79 Å². The van der Waals surface area contributed by atoms with E-state index in [-0.39, 0.29) is 30.5 Å². The lowest BCUT2D eigenvalue weighted by atomic mass is 9.76. The summed E-state index contributed by atoms with van der Waals surface area (Å²) < 4.78 is 0. The summed E-state index contributed by atoms with van der Waals surface area (Å²) >= 11 is 0. The van der Waals surface area contributed by atoms with Crippen LogP contribution in [-0.4, -0.2) is 41.1 Å². The lowest BCUT2D eigenvalue weighted by Gasteiger charge is -2.35. The number of carboxylic acid groups (broad SMARTS) is 1. The molecule has 1 rings (SSSR count). The van der Waals surface area contributed by atoms with Crippen LogP contribution in [0.4, 0.5) is 4.79 Å². The average molecular weight is 284 g/mol. The zero-order chi connectivity index (χ0) is 15.2. The highest BCUT2D eigenvalue weighted by atomic mass is 16.4. The highest BCUT2D eigenvalue weighted by Crippen LogP contribution is 2.34. The molecule has 1 aliphatic carbocycles. The topological polar surface area (TPSA) is 69.6 Å². The van der Waals surface area contributed by atoms with Crippen molar-refractivity contribution in [1.29, 1.82) is 0 Å². The first kappa shape index (κ1) is 16.8. The van der Waals surface area contributed by atoms with Crippen molar-refractivity contribution in [2.75, 3.05) is 13.1 Å². The van der Waals surface area contributed by atoms with Crippen LogP contribution in [0.5, 0.6) is 0 Å². The van der Waals surface area contributed by atoms with Gasteiger partial charge in [-0.1, -0.05) is 26.2 Å². The Kier molecular flexibility index (Phi) is 6.30. The van der Waals surface area contributed by atoms with E-state index in [1.54, 1.807) is 4.90 Å². The van der Waals surface area contributed by atoms with Crippen LogP contribution in [0.15, 0.2) is 0 Å². The molecule has 2 N–H and O–H groups in total. The van der Waals surface area contributed by atoms with E-state index < -0.39 is 5.97 Å². The monoisotopic (exact) mass is 284 g/mol. The summed E-state index contributed by atoms with van der Waals surface area (Å²) in [6, 6.07) is -0.137. The molecule has 1 aliphatic rings. The standard InChI is InChI=1S/C15H28N2O3/c1-12(2)17(10-7-13(18)19)14(20)16-11-15(3)8-5-4-6-9-15/h12H,4-11H2,1-3H3,(H,16,20)(H,18,19). The highest BCUT2D eigenvalue weighted by Gasteiger charge is 2.28. The molecule has 0 bridgehead atoms. The van der Waals surface area contributed by atoms with Crippen molar-refractivity contribution in [3.8, 4) is 0 Å². The second kappa shape index (κ2) is 7.50. The average Bonchev–Trinajstić information content (AvgIpc) is 2.37. The highest BCUT2D eigenvalue weighted by molar-refractivity contribution is 5.75. The smallest absolute Gasteiger partial charge is 0.317 e. The predicted octanol–water partition coefficient (Wildman–Crippen LogP) is 2.85. The maximum atomic E-state index is 12.2. The molecular weight excluding hydrogens is 256 g/mol. The van der Waals surface area contributed by atoms with E-state index in [4.69, 9.17) is 5.11 Å². The molecule has 1 saturated carbocycles. The predicted molar refractivity (Wildman–Crippen MR) is 78.7 cm³/mol. The van der Waals surface area contributed by atoms with Gasteiger partial charge in [0.2, 0.25) is 0 Å². The zero-order valence-corrected chi connectivity index (χ0v) is 12.9. The molecular formula is C15H28N2O3. The van der Waals surface area contributed by atoms with Crippen LogP contribution < -0.4 is 5.32 Å². The Balaban J connectivity index is 2.46. The van der Waals surface area contributed by atoms with Crippen LogP contribution in [0.2, 0.25) is 0 Å². The van der Waals surface area contributed by atoms with Gasteiger partial charge in [0.15, 0.2) is 0 Å². The van der Waals surface area contributed by atoms with Gasteiger partial charge >= 0.3 is 12.0 Å². The first-order valence-corrected chi connectivity index (χ1v) is 7.60. The Hall–Kier alpha value is -1.26. The van der Waals surface area contributed by atoms with Gasteiger partial charge in [0.1, 0.15) is 0 Å². The Morgan fingerprint density at radius 1 is 1.25 bits per heavy atom. The molecule has 0 atom stereocenters. The fraction of sp³-hybridized carbons (Fsp3) is 0.867. The maximum Gasteiger partial charge on any atom is 0.317 e. The molecule has 0 aromatic heterocycles. The normalized spacial score (nSPS) is 17.8. The molecule has 5 heteroatoms. The molecule has 1 fully saturated rings. The summed E-state index contributed by atoms with van der Waals surface area (Å²) in [7, 11) is 0. The third-order valence-corrected chi connectivity index (χ3v) is 4.18. The van der Waals surface area contributed by atoms with Crippen LogP contribution in [0, 0.1) is 5.41 Å². The molecule has 20 heavy (non-hydrogen) atoms. The molecule has 116 valence electrons. The largest absolute Gasteiger partial charge is 0.481 e. The Morgan fingerprint density at radius 3 is 2.35 bits per heavy atom. The van der Waals surface area contributed by atoms with Gasteiger partial charge < -0.3 is 15.3 Å². The van der Waals surface area contributed by atoms with E-state index in [1.165, 1.54) is 19.3 Å².